The number of allylic oxidation sites excluding steroid dienone is 8. The molecule has 3 aliphatic carbocycles. The zero-order valence-corrected chi connectivity index (χ0v) is 36.8. The Morgan fingerprint density at radius 2 is 1.07 bits per heavy atom. The normalized spacial score (nSPS) is 16.7. The van der Waals surface area contributed by atoms with E-state index in [2.05, 4.69) is 226 Å². The van der Waals surface area contributed by atoms with E-state index >= 15 is 0 Å². The molecule has 10 rings (SSSR count). The van der Waals surface area contributed by atoms with Crippen LogP contribution in [0.3, 0.4) is 0 Å². The van der Waals surface area contributed by atoms with E-state index < -0.39 is 28.2 Å². The number of fused-ring (bicyclic) bond motifs is 2. The first-order chi connectivity index (χ1) is 29.7. The molecule has 0 aliphatic heterocycles. The molecule has 3 aliphatic rings. The summed E-state index contributed by atoms with van der Waals surface area (Å²) in [7, 11) is 0. The first-order valence-electron chi connectivity index (χ1n) is 21.5. The molecule has 0 N–H and O–H groups in total. The van der Waals surface area contributed by atoms with E-state index in [0.717, 1.165) is 19.3 Å². The van der Waals surface area contributed by atoms with E-state index in [1.807, 2.05) is 0 Å². The Morgan fingerprint density at radius 1 is 0.533 bits per heavy atom. The van der Waals surface area contributed by atoms with Gasteiger partial charge in [-0.25, -0.2) is 0 Å². The minimum atomic E-state index is -1.62. The summed E-state index contributed by atoms with van der Waals surface area (Å²) < 4.78 is 3.09. The molecule has 7 aromatic carbocycles. The topological polar surface area (TPSA) is 0 Å². The molecule has 1 unspecified atom stereocenters. The van der Waals surface area contributed by atoms with E-state index in [1.165, 1.54) is 91.6 Å². The van der Waals surface area contributed by atoms with Gasteiger partial charge in [-0.1, -0.05) is 0 Å². The summed E-state index contributed by atoms with van der Waals surface area (Å²) in [6, 6.07) is 73.0. The van der Waals surface area contributed by atoms with Crippen molar-refractivity contribution in [2.75, 3.05) is 0 Å². The average molecular weight is 847 g/mol. The number of benzene rings is 7. The molecule has 0 saturated carbocycles. The van der Waals surface area contributed by atoms with Gasteiger partial charge in [-0.15, -0.1) is 0 Å². The molecule has 0 fully saturated rings. The summed E-state index contributed by atoms with van der Waals surface area (Å²) >= 11 is -1.62. The molecule has 0 aromatic heterocycles. The van der Waals surface area contributed by atoms with Crippen LogP contribution in [0.4, 0.5) is 0 Å². The number of hydrogen-bond acceptors (Lipinski definition) is 0. The molecular weight excluding hydrogens is 800 g/mol. The van der Waals surface area contributed by atoms with Crippen molar-refractivity contribution in [3.63, 3.8) is 0 Å². The third-order valence-electron chi connectivity index (χ3n) is 12.7. The minimum absolute atomic E-state index is 0.447. The Balaban J connectivity index is 1.51. The molecule has 0 spiro atoms. The molecule has 0 radical (unpaired) electrons. The van der Waals surface area contributed by atoms with Gasteiger partial charge in [0.05, 0.1) is 0 Å². The Labute approximate surface area is 366 Å². The fourth-order valence-corrected chi connectivity index (χ4v) is 14.0. The van der Waals surface area contributed by atoms with Gasteiger partial charge in [0.1, 0.15) is 0 Å². The van der Waals surface area contributed by atoms with Gasteiger partial charge in [-0.05, 0) is 0 Å². The number of hydrogen-bond donors (Lipinski definition) is 0. The zero-order valence-electron chi connectivity index (χ0n) is 34.3. The van der Waals surface area contributed by atoms with E-state index in [4.69, 9.17) is 0 Å². The maximum absolute atomic E-state index is 2.59. The van der Waals surface area contributed by atoms with Gasteiger partial charge in [0, 0.05) is 0 Å². The van der Waals surface area contributed by atoms with Gasteiger partial charge in [0.15, 0.2) is 0 Å². The first-order valence-corrected chi connectivity index (χ1v) is 23.9. The number of rotatable bonds is 10. The van der Waals surface area contributed by atoms with Crippen LogP contribution in [0.25, 0.3) is 31.1 Å². The van der Waals surface area contributed by atoms with Gasteiger partial charge >= 0.3 is 368 Å². The zero-order chi connectivity index (χ0) is 40.5. The summed E-state index contributed by atoms with van der Waals surface area (Å²) in [5, 5.41) is 2.82. The Morgan fingerprint density at radius 3 is 1.60 bits per heavy atom. The summed E-state index contributed by atoms with van der Waals surface area (Å²) in [6.07, 6.45) is 9.89. The summed E-state index contributed by atoms with van der Waals surface area (Å²) in [5.74, 6) is 0. The van der Waals surface area contributed by atoms with Crippen LogP contribution < -0.4 is 10.4 Å². The van der Waals surface area contributed by atoms with Crippen LogP contribution in [0, 0.1) is 0 Å². The molecular formula is C59H47Zr. The molecule has 0 amide bonds. The molecule has 60 heavy (non-hydrogen) atoms. The second-order valence-corrected chi connectivity index (χ2v) is 19.0. The van der Waals surface area contributed by atoms with Crippen molar-refractivity contribution < 1.29 is 22.8 Å². The van der Waals surface area contributed by atoms with Crippen LogP contribution in [0.5, 0.6) is 0 Å². The molecule has 1 heteroatoms. The van der Waals surface area contributed by atoms with Gasteiger partial charge < -0.3 is 0 Å². The molecule has 287 valence electrons. The van der Waals surface area contributed by atoms with Crippen LogP contribution in [0.2, 0.25) is 0 Å². The molecule has 0 heterocycles. The quantitative estimate of drug-likeness (QED) is 0.129. The van der Waals surface area contributed by atoms with Crippen molar-refractivity contribution in [1.29, 1.82) is 0 Å². The van der Waals surface area contributed by atoms with Crippen molar-refractivity contribution >= 4 is 23.2 Å². The third-order valence-corrected chi connectivity index (χ3v) is 16.6. The van der Waals surface area contributed by atoms with Gasteiger partial charge in [0.2, 0.25) is 0 Å². The molecule has 0 nitrogen and oxygen atoms in total. The second kappa shape index (κ2) is 16.6. The van der Waals surface area contributed by atoms with Crippen molar-refractivity contribution in [2.24, 2.45) is 0 Å². The summed E-state index contributed by atoms with van der Waals surface area (Å²) in [6.45, 7) is 4.75. The van der Waals surface area contributed by atoms with Crippen molar-refractivity contribution in [1.82, 2.24) is 0 Å². The van der Waals surface area contributed by atoms with Crippen molar-refractivity contribution in [2.45, 2.75) is 38.5 Å². The van der Waals surface area contributed by atoms with Gasteiger partial charge in [-0.3, -0.25) is 0 Å². The first kappa shape index (κ1) is 38.2. The molecule has 1 atom stereocenters. The van der Waals surface area contributed by atoms with Gasteiger partial charge in [0.25, 0.3) is 0 Å². The molecule has 7 aromatic rings. The fraction of sp³-hybridized carbons (Fsp3) is 0.102. The van der Waals surface area contributed by atoms with Gasteiger partial charge in [-0.2, -0.15) is 0 Å². The Kier molecular flexibility index (Phi) is 10.5. The van der Waals surface area contributed by atoms with Crippen LogP contribution in [0.1, 0.15) is 60.1 Å². The predicted molar refractivity (Wildman–Crippen MR) is 250 cm³/mol. The van der Waals surface area contributed by atoms with Crippen molar-refractivity contribution in [3.05, 3.63) is 273 Å². The SMILES string of the molecule is CCc1cc(-c2ccccc2)c2c(c1)=[C]([Zr]=[C](c1ccccc1)c1ccccc1)C1=C(C3=CC=CC3)C(CC)(c3ccccc3)C(c3ccccc3)=C(c3ccccc3)C=21. The summed E-state index contributed by atoms with van der Waals surface area (Å²) in [5.41, 5.74) is 18.6. The number of aryl methyl sites for hydroxylation is 1. The van der Waals surface area contributed by atoms with E-state index in [9.17, 15) is 0 Å². The summed E-state index contributed by atoms with van der Waals surface area (Å²) in [4.78, 5) is 0. The van der Waals surface area contributed by atoms with E-state index in [1.54, 1.807) is 3.28 Å². The maximum atomic E-state index is 2.59. The second-order valence-electron chi connectivity index (χ2n) is 15.9. The van der Waals surface area contributed by atoms with E-state index in [-0.39, 0.29) is 0 Å². The van der Waals surface area contributed by atoms with Crippen LogP contribution >= 0.6 is 0 Å². The predicted octanol–water partition coefficient (Wildman–Crippen LogP) is 12.7. The van der Waals surface area contributed by atoms with Crippen LogP contribution in [-0.2, 0) is 34.6 Å². The van der Waals surface area contributed by atoms with Crippen molar-refractivity contribution in [3.8, 4) is 11.1 Å². The molecule has 0 bridgehead atoms. The van der Waals surface area contributed by atoms with Crippen LogP contribution in [0.15, 0.2) is 229 Å². The monoisotopic (exact) mass is 845 g/mol. The third kappa shape index (κ3) is 6.52. The van der Waals surface area contributed by atoms with Crippen LogP contribution in [-0.4, -0.2) is 3.21 Å². The standard InChI is InChI=1S/C46H37.C13H10.Zr/c1-3-32-29-37-31-40-43(41(37)39(30-32)33-19-9-5-10-20-33)42(34-21-11-6-12-22-34)45(36-23-13-7-14-24-36)46(4-2,38-27-15-8-16-28-38)44(40)35-25-17-18-26-35;1-3-7-12(8-4-1)11-13-9-5-2-6-10-13;/h5-25,27-30H,3-4,26H2,1-2H3;1-10H;. The fourth-order valence-electron chi connectivity index (χ4n) is 10.1. The Bertz CT molecular complexity index is 2960. The Hall–Kier alpha value is -6.01. The average Bonchev–Trinajstić information content (AvgIpc) is 3.98. The van der Waals surface area contributed by atoms with E-state index in [0.29, 0.717) is 0 Å². The molecule has 0 saturated heterocycles.